The zero-order valence-corrected chi connectivity index (χ0v) is 17.8. The average molecular weight is 423 g/mol. The van der Waals surface area contributed by atoms with Crippen LogP contribution in [-0.2, 0) is 30.3 Å². The second kappa shape index (κ2) is 10.1. The van der Waals surface area contributed by atoms with Crippen molar-refractivity contribution in [3.63, 3.8) is 0 Å². The smallest absolute Gasteiger partial charge is 0.355 e. The van der Waals surface area contributed by atoms with Gasteiger partial charge in [0.25, 0.3) is 5.91 Å². The normalized spacial score (nSPS) is 13.9. The first-order chi connectivity index (χ1) is 13.7. The van der Waals surface area contributed by atoms with E-state index in [9.17, 15) is 19.2 Å². The summed E-state index contributed by atoms with van der Waals surface area (Å²) in [7, 11) is 1.45. The van der Waals surface area contributed by atoms with Gasteiger partial charge in [0.1, 0.15) is 10.7 Å². The van der Waals surface area contributed by atoms with Crippen LogP contribution in [0.4, 0.5) is 5.00 Å². The van der Waals surface area contributed by atoms with Crippen molar-refractivity contribution in [3.05, 3.63) is 16.5 Å². The third-order valence-electron chi connectivity index (χ3n) is 4.01. The number of hydrogen-bond acceptors (Lipinski definition) is 8. The summed E-state index contributed by atoms with van der Waals surface area (Å²) >= 11 is 1.22. The second-order valence-corrected chi connectivity index (χ2v) is 7.75. The van der Waals surface area contributed by atoms with Crippen molar-refractivity contribution < 1.29 is 28.7 Å². The molecule has 9 nitrogen and oxygen atoms in total. The van der Waals surface area contributed by atoms with Crippen LogP contribution >= 0.6 is 11.3 Å². The van der Waals surface area contributed by atoms with Crippen LogP contribution in [-0.4, -0.2) is 54.7 Å². The molecule has 0 saturated carbocycles. The van der Waals surface area contributed by atoms with Gasteiger partial charge in [0.15, 0.2) is 6.61 Å². The Bertz CT molecular complexity index is 830. The fourth-order valence-electron chi connectivity index (χ4n) is 2.70. The molecular weight excluding hydrogens is 398 g/mol. The van der Waals surface area contributed by atoms with Crippen molar-refractivity contribution >= 4 is 45.8 Å². The summed E-state index contributed by atoms with van der Waals surface area (Å²) in [6.07, 6.45) is 0.995. The fraction of sp³-hybridized carbons (Fsp3) is 0.526. The molecule has 1 N–H and O–H groups in total. The van der Waals surface area contributed by atoms with Gasteiger partial charge in [0, 0.05) is 19.9 Å². The van der Waals surface area contributed by atoms with Crippen LogP contribution in [0.25, 0.3) is 0 Å². The van der Waals surface area contributed by atoms with E-state index in [-0.39, 0.29) is 31.1 Å². The minimum atomic E-state index is -0.753. The zero-order chi connectivity index (χ0) is 21.6. The van der Waals surface area contributed by atoms with E-state index < -0.39 is 24.5 Å². The van der Waals surface area contributed by atoms with Gasteiger partial charge in [-0.05, 0) is 30.2 Å². The van der Waals surface area contributed by atoms with Gasteiger partial charge in [-0.15, -0.1) is 11.3 Å². The van der Waals surface area contributed by atoms with Gasteiger partial charge in [0.2, 0.25) is 5.91 Å². The van der Waals surface area contributed by atoms with E-state index in [4.69, 9.17) is 9.47 Å². The Balaban J connectivity index is 2.02. The number of anilines is 1. The van der Waals surface area contributed by atoms with E-state index in [1.807, 2.05) is 19.2 Å². The SMILES string of the molecule is CCOC(=O)c1c(CC(C)C)csc1NC(=O)COC(=O)C1=NN(C)C(=O)CC1. The lowest BCUT2D eigenvalue weighted by molar-refractivity contribution is -0.141. The van der Waals surface area contributed by atoms with Crippen LogP contribution in [0.1, 0.15) is 49.5 Å². The summed E-state index contributed by atoms with van der Waals surface area (Å²) in [5.74, 6) is -1.70. The van der Waals surface area contributed by atoms with Gasteiger partial charge in [-0.1, -0.05) is 13.8 Å². The molecule has 1 aromatic rings. The minimum absolute atomic E-state index is 0.0856. The molecule has 0 aliphatic carbocycles. The highest BCUT2D eigenvalue weighted by Gasteiger charge is 2.25. The molecule has 1 aromatic heterocycles. The van der Waals surface area contributed by atoms with Crippen molar-refractivity contribution in [2.45, 2.75) is 40.0 Å². The van der Waals surface area contributed by atoms with Crippen molar-refractivity contribution in [1.29, 1.82) is 0 Å². The van der Waals surface area contributed by atoms with Crippen molar-refractivity contribution in [1.82, 2.24) is 5.01 Å². The summed E-state index contributed by atoms with van der Waals surface area (Å²) in [6, 6.07) is 0. The number of nitrogens with zero attached hydrogens (tertiary/aromatic N) is 2. The van der Waals surface area contributed by atoms with Gasteiger partial charge in [0.05, 0.1) is 12.2 Å². The monoisotopic (exact) mass is 423 g/mol. The maximum Gasteiger partial charge on any atom is 0.355 e. The number of esters is 2. The number of rotatable bonds is 8. The third-order valence-corrected chi connectivity index (χ3v) is 4.95. The molecule has 0 unspecified atom stereocenters. The number of thiophene rings is 1. The van der Waals surface area contributed by atoms with Gasteiger partial charge >= 0.3 is 11.9 Å². The van der Waals surface area contributed by atoms with Crippen LogP contribution in [0.3, 0.4) is 0 Å². The first-order valence-electron chi connectivity index (χ1n) is 9.31. The molecule has 1 aliphatic rings. The maximum absolute atomic E-state index is 12.3. The maximum atomic E-state index is 12.3. The minimum Gasteiger partial charge on any atom is -0.462 e. The molecule has 0 bridgehead atoms. The number of ether oxygens (including phenoxy) is 2. The Labute approximate surface area is 173 Å². The summed E-state index contributed by atoms with van der Waals surface area (Å²) in [4.78, 5) is 48.0. The number of carbonyl (C=O) groups is 4. The number of carbonyl (C=O) groups excluding carboxylic acids is 4. The summed E-state index contributed by atoms with van der Waals surface area (Å²) in [6.45, 7) is 5.46. The summed E-state index contributed by atoms with van der Waals surface area (Å²) in [5.41, 5.74) is 1.23. The topological polar surface area (TPSA) is 114 Å². The molecule has 2 amide bonds. The lowest BCUT2D eigenvalue weighted by Crippen LogP contribution is -2.33. The van der Waals surface area contributed by atoms with Gasteiger partial charge in [-0.3, -0.25) is 9.59 Å². The standard InChI is InChI=1S/C19H25N3O6S/c1-5-27-19(26)16-12(8-11(2)3)10-29-17(16)20-14(23)9-28-18(25)13-6-7-15(24)22(4)21-13/h10-11H,5-9H2,1-4H3,(H,20,23). The van der Waals surface area contributed by atoms with E-state index in [2.05, 4.69) is 10.4 Å². The Morgan fingerprint density at radius 2 is 1.97 bits per heavy atom. The van der Waals surface area contributed by atoms with Gasteiger partial charge < -0.3 is 14.8 Å². The number of hydrazone groups is 1. The van der Waals surface area contributed by atoms with Crippen LogP contribution in [0.15, 0.2) is 10.5 Å². The van der Waals surface area contributed by atoms with E-state index in [1.165, 1.54) is 18.4 Å². The Morgan fingerprint density at radius 1 is 1.24 bits per heavy atom. The summed E-state index contributed by atoms with van der Waals surface area (Å²) in [5, 5.41) is 9.72. The lowest BCUT2D eigenvalue weighted by atomic mass is 10.0. The molecule has 0 saturated heterocycles. The van der Waals surface area contributed by atoms with Crippen LogP contribution < -0.4 is 5.32 Å². The molecule has 2 heterocycles. The average Bonchev–Trinajstić information content (AvgIpc) is 3.03. The highest BCUT2D eigenvalue weighted by atomic mass is 32.1. The van der Waals surface area contributed by atoms with Crippen molar-refractivity contribution in [3.8, 4) is 0 Å². The third kappa shape index (κ3) is 6.11. The highest BCUT2D eigenvalue weighted by molar-refractivity contribution is 7.15. The second-order valence-electron chi connectivity index (χ2n) is 6.87. The Hall–Kier alpha value is -2.75. The molecule has 1 aliphatic heterocycles. The number of amides is 2. The molecule has 0 aromatic carbocycles. The molecule has 2 rings (SSSR count). The van der Waals surface area contributed by atoms with Gasteiger partial charge in [-0.25, -0.2) is 14.6 Å². The number of nitrogens with one attached hydrogen (secondary N) is 1. The lowest BCUT2D eigenvalue weighted by Gasteiger charge is -2.18. The van der Waals surface area contributed by atoms with E-state index in [0.29, 0.717) is 22.9 Å². The number of hydrogen-bond donors (Lipinski definition) is 1. The predicted molar refractivity (Wildman–Crippen MR) is 108 cm³/mol. The first kappa shape index (κ1) is 22.5. The molecule has 29 heavy (non-hydrogen) atoms. The zero-order valence-electron chi connectivity index (χ0n) is 16.9. The quantitative estimate of drug-likeness (QED) is 0.641. The highest BCUT2D eigenvalue weighted by Crippen LogP contribution is 2.31. The van der Waals surface area contributed by atoms with Crippen molar-refractivity contribution in [2.75, 3.05) is 25.6 Å². The van der Waals surface area contributed by atoms with Crippen LogP contribution in [0.5, 0.6) is 0 Å². The predicted octanol–water partition coefficient (Wildman–Crippen LogP) is 2.21. The first-order valence-corrected chi connectivity index (χ1v) is 10.2. The van der Waals surface area contributed by atoms with E-state index in [1.54, 1.807) is 6.92 Å². The van der Waals surface area contributed by atoms with Crippen LogP contribution in [0, 0.1) is 5.92 Å². The summed E-state index contributed by atoms with van der Waals surface area (Å²) < 4.78 is 10.1. The largest absolute Gasteiger partial charge is 0.462 e. The van der Waals surface area contributed by atoms with E-state index in [0.717, 1.165) is 10.6 Å². The molecule has 158 valence electrons. The Kier molecular flexibility index (Phi) is 7.89. The molecule has 0 atom stereocenters. The molecule has 0 radical (unpaired) electrons. The Morgan fingerprint density at radius 3 is 2.59 bits per heavy atom. The van der Waals surface area contributed by atoms with Crippen LogP contribution in [0.2, 0.25) is 0 Å². The molecular formula is C19H25N3O6S. The van der Waals surface area contributed by atoms with Crippen molar-refractivity contribution in [2.24, 2.45) is 11.0 Å². The van der Waals surface area contributed by atoms with Gasteiger partial charge in [-0.2, -0.15) is 5.10 Å². The molecule has 10 heteroatoms. The molecule has 0 spiro atoms. The fourth-order valence-corrected chi connectivity index (χ4v) is 3.68. The molecule has 0 fully saturated rings. The van der Waals surface area contributed by atoms with E-state index >= 15 is 0 Å².